The number of nitrogens with zero attached hydrogens (tertiary/aromatic N) is 1. The van der Waals surface area contributed by atoms with Crippen LogP contribution in [0.1, 0.15) is 15.4 Å². The lowest BCUT2D eigenvalue weighted by Gasteiger charge is -1.99. The lowest BCUT2D eigenvalue weighted by Crippen LogP contribution is -2.11. The fourth-order valence-corrected chi connectivity index (χ4v) is 3.43. The minimum atomic E-state index is -0.357. The molecule has 100 valence electrons. The van der Waals surface area contributed by atoms with Crippen LogP contribution in [-0.4, -0.2) is 24.0 Å². The molecule has 19 heavy (non-hydrogen) atoms. The molecule has 0 aliphatic rings. The Morgan fingerprint density at radius 2 is 2.26 bits per heavy atom. The Kier molecular flexibility index (Phi) is 4.67. The predicted octanol–water partition coefficient (Wildman–Crippen LogP) is 2.93. The van der Waals surface area contributed by atoms with E-state index in [9.17, 15) is 9.59 Å². The molecular weight excluding hydrogens is 352 g/mol. The minimum Gasteiger partial charge on any atom is -0.469 e. The molecule has 5 nitrogen and oxygen atoms in total. The Bertz CT molecular complexity index is 609. The first-order valence-electron chi connectivity index (χ1n) is 5.15. The number of hydrogen-bond acceptors (Lipinski definition) is 6. The second-order valence-corrected chi connectivity index (χ2v) is 6.08. The van der Waals surface area contributed by atoms with Crippen molar-refractivity contribution in [3.63, 3.8) is 0 Å². The summed E-state index contributed by atoms with van der Waals surface area (Å²) in [6, 6.07) is 1.81. The van der Waals surface area contributed by atoms with E-state index >= 15 is 0 Å². The van der Waals surface area contributed by atoms with Gasteiger partial charge in [-0.1, -0.05) is 0 Å². The van der Waals surface area contributed by atoms with Gasteiger partial charge in [-0.05, 0) is 27.4 Å². The maximum Gasteiger partial charge on any atom is 0.311 e. The quantitative estimate of drug-likeness (QED) is 0.851. The van der Waals surface area contributed by atoms with Gasteiger partial charge in [0.15, 0.2) is 5.13 Å². The predicted molar refractivity (Wildman–Crippen MR) is 77.8 cm³/mol. The lowest BCUT2D eigenvalue weighted by molar-refractivity contribution is -0.139. The second-order valence-electron chi connectivity index (χ2n) is 3.45. The molecule has 0 saturated heterocycles. The molecule has 0 aliphatic carbocycles. The van der Waals surface area contributed by atoms with Gasteiger partial charge < -0.3 is 4.74 Å². The number of hydrogen-bond donors (Lipinski definition) is 1. The molecule has 2 rings (SSSR count). The first-order chi connectivity index (χ1) is 9.10. The van der Waals surface area contributed by atoms with Crippen molar-refractivity contribution in [3.8, 4) is 0 Å². The average molecular weight is 361 g/mol. The fourth-order valence-electron chi connectivity index (χ4n) is 1.28. The van der Waals surface area contributed by atoms with Crippen LogP contribution in [-0.2, 0) is 16.0 Å². The van der Waals surface area contributed by atoms with Crippen LogP contribution in [0.25, 0.3) is 0 Å². The number of aromatic nitrogens is 1. The molecule has 2 aromatic heterocycles. The highest BCUT2D eigenvalue weighted by molar-refractivity contribution is 9.10. The number of carbonyl (C=O) groups excluding carboxylic acids is 2. The molecule has 0 saturated carbocycles. The van der Waals surface area contributed by atoms with E-state index in [1.54, 1.807) is 5.38 Å². The van der Waals surface area contributed by atoms with Gasteiger partial charge in [-0.2, -0.15) is 0 Å². The Balaban J connectivity index is 2.02. The van der Waals surface area contributed by atoms with Gasteiger partial charge >= 0.3 is 5.97 Å². The zero-order valence-electron chi connectivity index (χ0n) is 9.81. The Hall–Kier alpha value is -1.25. The largest absolute Gasteiger partial charge is 0.469 e. The van der Waals surface area contributed by atoms with Crippen LogP contribution >= 0.6 is 38.6 Å². The van der Waals surface area contributed by atoms with Crippen LogP contribution in [0.3, 0.4) is 0 Å². The highest BCUT2D eigenvalue weighted by atomic mass is 79.9. The van der Waals surface area contributed by atoms with Crippen molar-refractivity contribution in [1.29, 1.82) is 0 Å². The third-order valence-electron chi connectivity index (χ3n) is 2.15. The van der Waals surface area contributed by atoms with Gasteiger partial charge in [-0.15, -0.1) is 22.7 Å². The van der Waals surface area contributed by atoms with E-state index < -0.39 is 0 Å². The van der Waals surface area contributed by atoms with Gasteiger partial charge in [-0.3, -0.25) is 14.9 Å². The van der Waals surface area contributed by atoms with Crippen LogP contribution in [0.4, 0.5) is 5.13 Å². The summed E-state index contributed by atoms with van der Waals surface area (Å²) in [5, 5.41) is 6.70. The zero-order valence-corrected chi connectivity index (χ0v) is 13.0. The van der Waals surface area contributed by atoms with E-state index in [-0.39, 0.29) is 18.3 Å². The number of halogens is 1. The van der Waals surface area contributed by atoms with Crippen molar-refractivity contribution >= 4 is 55.6 Å². The molecule has 0 spiro atoms. The van der Waals surface area contributed by atoms with Crippen LogP contribution < -0.4 is 5.32 Å². The van der Waals surface area contributed by atoms with Crippen molar-refractivity contribution in [3.05, 3.63) is 31.9 Å². The highest BCUT2D eigenvalue weighted by Crippen LogP contribution is 2.24. The van der Waals surface area contributed by atoms with Crippen LogP contribution in [0, 0.1) is 0 Å². The van der Waals surface area contributed by atoms with Crippen molar-refractivity contribution < 1.29 is 14.3 Å². The number of esters is 1. The Labute approximate surface area is 125 Å². The second kappa shape index (κ2) is 6.27. The fraction of sp³-hybridized carbons (Fsp3) is 0.182. The number of rotatable bonds is 4. The summed E-state index contributed by atoms with van der Waals surface area (Å²) in [5.74, 6) is -0.579. The summed E-state index contributed by atoms with van der Waals surface area (Å²) in [5.41, 5.74) is 0.581. The SMILES string of the molecule is COC(=O)Cc1csc(NC(=O)c2sccc2Br)n1. The summed E-state index contributed by atoms with van der Waals surface area (Å²) >= 11 is 5.91. The summed E-state index contributed by atoms with van der Waals surface area (Å²) in [4.78, 5) is 27.8. The molecule has 8 heteroatoms. The van der Waals surface area contributed by atoms with E-state index in [0.717, 1.165) is 4.47 Å². The minimum absolute atomic E-state index is 0.103. The number of methoxy groups -OCH3 is 1. The first kappa shape index (κ1) is 14.2. The van der Waals surface area contributed by atoms with Crippen molar-refractivity contribution in [2.45, 2.75) is 6.42 Å². The molecule has 2 heterocycles. The summed E-state index contributed by atoms with van der Waals surface area (Å²) < 4.78 is 5.30. The topological polar surface area (TPSA) is 68.3 Å². The number of carbonyl (C=O) groups is 2. The lowest BCUT2D eigenvalue weighted by atomic mass is 10.3. The van der Waals surface area contributed by atoms with Gasteiger partial charge in [0.05, 0.1) is 19.2 Å². The molecule has 0 aliphatic heterocycles. The van der Waals surface area contributed by atoms with E-state index in [1.165, 1.54) is 29.8 Å². The standard InChI is InChI=1S/C11H9BrN2O3S2/c1-17-8(15)4-6-5-19-11(13-6)14-10(16)9-7(12)2-3-18-9/h2-3,5H,4H2,1H3,(H,13,14,16). The molecule has 0 aromatic carbocycles. The van der Waals surface area contributed by atoms with Crippen LogP contribution in [0.2, 0.25) is 0 Å². The van der Waals surface area contributed by atoms with E-state index in [4.69, 9.17) is 0 Å². The van der Waals surface area contributed by atoms with Crippen molar-refractivity contribution in [2.24, 2.45) is 0 Å². The summed E-state index contributed by atoms with van der Waals surface area (Å²) in [6.45, 7) is 0. The number of thiophene rings is 1. The number of ether oxygens (including phenoxy) is 1. The van der Waals surface area contributed by atoms with E-state index in [1.807, 2.05) is 11.4 Å². The molecule has 1 N–H and O–H groups in total. The van der Waals surface area contributed by atoms with E-state index in [0.29, 0.717) is 15.7 Å². The molecule has 0 fully saturated rings. The van der Waals surface area contributed by atoms with Gasteiger partial charge in [0.2, 0.25) is 0 Å². The third-order valence-corrected chi connectivity index (χ3v) is 4.79. The molecule has 0 bridgehead atoms. The number of amides is 1. The monoisotopic (exact) mass is 360 g/mol. The van der Waals surface area contributed by atoms with Gasteiger partial charge in [0.25, 0.3) is 5.91 Å². The van der Waals surface area contributed by atoms with E-state index in [2.05, 4.69) is 31.0 Å². The molecule has 1 amide bonds. The summed E-state index contributed by atoms with van der Waals surface area (Å²) in [7, 11) is 1.33. The molecule has 2 aromatic rings. The third kappa shape index (κ3) is 3.62. The normalized spacial score (nSPS) is 10.2. The highest BCUT2D eigenvalue weighted by Gasteiger charge is 2.14. The maximum absolute atomic E-state index is 11.9. The number of anilines is 1. The Morgan fingerprint density at radius 1 is 1.47 bits per heavy atom. The Morgan fingerprint density at radius 3 is 2.89 bits per heavy atom. The number of nitrogens with one attached hydrogen (secondary N) is 1. The smallest absolute Gasteiger partial charge is 0.311 e. The number of thiazole rings is 1. The zero-order chi connectivity index (χ0) is 13.8. The van der Waals surface area contributed by atoms with Crippen LogP contribution in [0.5, 0.6) is 0 Å². The first-order valence-corrected chi connectivity index (χ1v) is 7.71. The van der Waals surface area contributed by atoms with Crippen molar-refractivity contribution in [1.82, 2.24) is 4.98 Å². The van der Waals surface area contributed by atoms with Crippen molar-refractivity contribution in [2.75, 3.05) is 12.4 Å². The van der Waals surface area contributed by atoms with Crippen LogP contribution in [0.15, 0.2) is 21.3 Å². The molecule has 0 atom stereocenters. The van der Waals surface area contributed by atoms with Gasteiger partial charge in [0, 0.05) is 9.85 Å². The molecule has 0 unspecified atom stereocenters. The van der Waals surface area contributed by atoms with Gasteiger partial charge in [0.1, 0.15) is 4.88 Å². The average Bonchev–Trinajstić information content (AvgIpc) is 2.98. The molecular formula is C11H9BrN2O3S2. The van der Waals surface area contributed by atoms with Gasteiger partial charge in [-0.25, -0.2) is 4.98 Å². The molecule has 0 radical (unpaired) electrons. The summed E-state index contributed by atoms with van der Waals surface area (Å²) in [6.07, 6.45) is 0.103. The maximum atomic E-state index is 11.9.